The van der Waals surface area contributed by atoms with Crippen molar-refractivity contribution in [3.63, 3.8) is 0 Å². The Morgan fingerprint density at radius 2 is 1.74 bits per heavy atom. The molecule has 2 aliphatic heterocycles. The van der Waals surface area contributed by atoms with Crippen molar-refractivity contribution in [2.75, 3.05) is 40.1 Å². The summed E-state index contributed by atoms with van der Waals surface area (Å²) >= 11 is 0. The van der Waals surface area contributed by atoms with Crippen LogP contribution in [-0.2, 0) is 11.3 Å². The fourth-order valence-electron chi connectivity index (χ4n) is 5.42. The highest BCUT2D eigenvalue weighted by Crippen LogP contribution is 2.33. The summed E-state index contributed by atoms with van der Waals surface area (Å²) in [5.41, 5.74) is 1.50. The highest BCUT2D eigenvalue weighted by Gasteiger charge is 2.28. The molecule has 3 aromatic carbocycles. The number of carbonyl (C=O) groups excluding carboxylic acids is 3. The molecular weight excluding hydrogens is 604 g/mol. The summed E-state index contributed by atoms with van der Waals surface area (Å²) in [6.07, 6.45) is 0. The van der Waals surface area contributed by atoms with Gasteiger partial charge in [-0.3, -0.25) is 14.4 Å². The molecule has 0 saturated carbocycles. The van der Waals surface area contributed by atoms with Crippen LogP contribution in [0.2, 0.25) is 0 Å². The van der Waals surface area contributed by atoms with Crippen LogP contribution in [0.5, 0.6) is 23.0 Å². The molecule has 3 amide bonds. The Morgan fingerprint density at radius 3 is 2.53 bits per heavy atom. The number of carbonyl (C=O) groups is 3. The van der Waals surface area contributed by atoms with E-state index in [1.54, 1.807) is 41.1 Å². The van der Waals surface area contributed by atoms with Gasteiger partial charge in [0.25, 0.3) is 11.8 Å². The number of rotatable bonds is 4. The van der Waals surface area contributed by atoms with Crippen molar-refractivity contribution >= 4 is 17.7 Å². The fourth-order valence-corrected chi connectivity index (χ4v) is 5.42. The second kappa shape index (κ2) is 13.8. The van der Waals surface area contributed by atoms with Crippen LogP contribution < -0.4 is 29.6 Å². The summed E-state index contributed by atoms with van der Waals surface area (Å²) in [6.45, 7) is 4.39. The highest BCUT2D eigenvalue weighted by atomic mass is 16.7. The quantitative estimate of drug-likeness (QED) is 0.343. The number of methoxy groups -OCH3 is 1. The van der Waals surface area contributed by atoms with Crippen molar-refractivity contribution in [3.05, 3.63) is 83.7 Å². The van der Waals surface area contributed by atoms with Crippen LogP contribution in [0, 0.1) is 5.92 Å². The highest BCUT2D eigenvalue weighted by molar-refractivity contribution is 5.97. The van der Waals surface area contributed by atoms with E-state index in [-0.39, 0.29) is 44.9 Å². The van der Waals surface area contributed by atoms with Gasteiger partial charge in [-0.05, 0) is 42.3 Å². The number of hydrogen-bond acceptors (Lipinski definition) is 9. The maximum atomic E-state index is 13.8. The van der Waals surface area contributed by atoms with Crippen molar-refractivity contribution in [2.45, 2.75) is 26.4 Å². The minimum atomic E-state index is -0.539. The van der Waals surface area contributed by atoms with Crippen molar-refractivity contribution in [1.29, 1.82) is 0 Å². The molecule has 1 atom stereocenters. The molecule has 0 radical (unpaired) electrons. The van der Waals surface area contributed by atoms with E-state index in [0.29, 0.717) is 52.3 Å². The van der Waals surface area contributed by atoms with Crippen molar-refractivity contribution < 1.29 is 33.3 Å². The zero-order valence-electron chi connectivity index (χ0n) is 26.4. The summed E-state index contributed by atoms with van der Waals surface area (Å²) < 4.78 is 24.2. The molecule has 47 heavy (non-hydrogen) atoms. The molecule has 4 aromatic rings. The minimum absolute atomic E-state index is 0.0621. The minimum Gasteiger partial charge on any atom is -0.493 e. The number of benzene rings is 3. The van der Waals surface area contributed by atoms with Gasteiger partial charge in [-0.2, -0.15) is 5.10 Å². The van der Waals surface area contributed by atoms with Gasteiger partial charge in [0.1, 0.15) is 6.61 Å². The summed E-state index contributed by atoms with van der Waals surface area (Å²) in [6, 6.07) is 18.8. The van der Waals surface area contributed by atoms with Gasteiger partial charge in [0.15, 0.2) is 34.6 Å². The Bertz CT molecular complexity index is 1770. The van der Waals surface area contributed by atoms with Crippen molar-refractivity contribution in [1.82, 2.24) is 30.3 Å². The second-order valence-corrected chi connectivity index (χ2v) is 11.4. The lowest BCUT2D eigenvalue weighted by molar-refractivity contribution is -0.123. The van der Waals surface area contributed by atoms with E-state index < -0.39 is 17.9 Å². The van der Waals surface area contributed by atoms with E-state index in [0.717, 1.165) is 5.56 Å². The Kier molecular flexibility index (Phi) is 9.23. The summed E-state index contributed by atoms with van der Waals surface area (Å²) in [7, 11) is 1.53. The summed E-state index contributed by atoms with van der Waals surface area (Å²) in [4.78, 5) is 46.9. The van der Waals surface area contributed by atoms with Gasteiger partial charge in [0.2, 0.25) is 12.7 Å². The lowest BCUT2D eigenvalue weighted by atomic mass is 10.0. The number of hydrogen-bond donors (Lipinski definition) is 2. The van der Waals surface area contributed by atoms with Crippen LogP contribution in [0.15, 0.2) is 66.7 Å². The Hall–Kier alpha value is -5.59. The predicted molar refractivity (Wildman–Crippen MR) is 170 cm³/mol. The Balaban J connectivity index is 1.36. The predicted octanol–water partition coefficient (Wildman–Crippen LogP) is 3.46. The van der Waals surface area contributed by atoms with Crippen LogP contribution >= 0.6 is 0 Å². The fraction of sp³-hybridized carbons (Fsp3) is 0.324. The normalized spacial score (nSPS) is 16.9. The Labute approximate surface area is 271 Å². The van der Waals surface area contributed by atoms with Gasteiger partial charge in [-0.1, -0.05) is 44.2 Å². The molecule has 6 rings (SSSR count). The average Bonchev–Trinajstić information content (AvgIpc) is 3.73. The largest absolute Gasteiger partial charge is 0.493 e. The smallest absolute Gasteiger partial charge is 0.254 e. The maximum Gasteiger partial charge on any atom is 0.254 e. The lowest BCUT2D eigenvalue weighted by Crippen LogP contribution is -2.46. The standard InChI is InChI=1S/C34H36N6O7/c1-21(2)30-32-37-31(22-7-5-4-6-8-22)38-40(32)15-16-45-27-17-23(9-11-25(27)44-3)33(42)35-13-14-39(19-29(41)36-30)34(43)24-10-12-26-28(18-24)47-20-46-26/h4-12,17-18,21,30H,13-16,19-20H2,1-3H3,(H,35,42)(H,36,41)/t30-/m1/s1. The van der Waals surface area contributed by atoms with Crippen LogP contribution in [0.4, 0.5) is 0 Å². The summed E-state index contributed by atoms with van der Waals surface area (Å²) in [5, 5.41) is 10.7. The van der Waals surface area contributed by atoms with Gasteiger partial charge in [-0.25, -0.2) is 9.67 Å². The molecule has 1 aromatic heterocycles. The molecular formula is C34H36N6O7. The second-order valence-electron chi connectivity index (χ2n) is 11.4. The molecule has 3 heterocycles. The van der Waals surface area contributed by atoms with Gasteiger partial charge < -0.3 is 34.5 Å². The number of fused-ring (bicyclic) bond motifs is 4. The topological polar surface area (TPSA) is 146 Å². The van der Waals surface area contributed by atoms with E-state index >= 15 is 0 Å². The first-order chi connectivity index (χ1) is 22.8. The molecule has 0 spiro atoms. The molecule has 244 valence electrons. The van der Waals surface area contributed by atoms with Crippen LogP contribution in [0.3, 0.4) is 0 Å². The first-order valence-electron chi connectivity index (χ1n) is 15.4. The zero-order valence-corrected chi connectivity index (χ0v) is 26.4. The molecule has 0 aliphatic carbocycles. The maximum absolute atomic E-state index is 13.8. The third-order valence-electron chi connectivity index (χ3n) is 7.89. The third kappa shape index (κ3) is 6.98. The van der Waals surface area contributed by atoms with E-state index in [2.05, 4.69) is 10.6 Å². The molecule has 2 bridgehead atoms. The first-order valence-corrected chi connectivity index (χ1v) is 15.4. The van der Waals surface area contributed by atoms with Crippen LogP contribution in [0.25, 0.3) is 11.4 Å². The van der Waals surface area contributed by atoms with E-state index in [1.165, 1.54) is 12.0 Å². The molecule has 13 heteroatoms. The van der Waals surface area contributed by atoms with Gasteiger partial charge in [-0.15, -0.1) is 0 Å². The number of amides is 3. The molecule has 0 fully saturated rings. The molecule has 0 unspecified atom stereocenters. The number of nitrogens with zero attached hydrogens (tertiary/aromatic N) is 4. The summed E-state index contributed by atoms with van der Waals surface area (Å²) in [5.74, 6) is 1.66. The van der Waals surface area contributed by atoms with Gasteiger partial charge >= 0.3 is 0 Å². The number of ether oxygens (including phenoxy) is 4. The van der Waals surface area contributed by atoms with E-state index in [4.69, 9.17) is 29.0 Å². The van der Waals surface area contributed by atoms with Crippen molar-refractivity contribution in [2.24, 2.45) is 5.92 Å². The van der Waals surface area contributed by atoms with E-state index in [1.807, 2.05) is 44.2 Å². The number of nitrogens with one attached hydrogen (secondary N) is 2. The number of aromatic nitrogens is 3. The molecule has 2 N–H and O–H groups in total. The third-order valence-corrected chi connectivity index (χ3v) is 7.89. The van der Waals surface area contributed by atoms with E-state index in [9.17, 15) is 14.4 Å². The van der Waals surface area contributed by atoms with Gasteiger partial charge in [0, 0.05) is 29.8 Å². The van der Waals surface area contributed by atoms with Crippen molar-refractivity contribution in [3.8, 4) is 34.4 Å². The molecule has 13 nitrogen and oxygen atoms in total. The zero-order chi connectivity index (χ0) is 32.9. The Morgan fingerprint density at radius 1 is 0.936 bits per heavy atom. The average molecular weight is 641 g/mol. The molecule has 0 saturated heterocycles. The van der Waals surface area contributed by atoms with Gasteiger partial charge in [0.05, 0.1) is 26.2 Å². The molecule has 2 aliphatic rings. The van der Waals surface area contributed by atoms with Crippen LogP contribution in [-0.4, -0.2) is 77.5 Å². The first kappa shape index (κ1) is 31.4. The SMILES string of the molecule is COc1ccc2cc1OCCn1nc(-c3ccccc3)nc1[C@@H](C(C)C)NC(=O)CN(C(=O)c1ccc3c(c1)OCO3)CCNC2=O. The lowest BCUT2D eigenvalue weighted by Gasteiger charge is -2.26. The van der Waals surface area contributed by atoms with Crippen LogP contribution in [0.1, 0.15) is 46.4 Å². The monoisotopic (exact) mass is 640 g/mol.